The summed E-state index contributed by atoms with van der Waals surface area (Å²) >= 11 is 0. The van der Waals surface area contributed by atoms with Crippen molar-refractivity contribution in [3.05, 3.63) is 71.8 Å². The third-order valence-corrected chi connectivity index (χ3v) is 10.9. The van der Waals surface area contributed by atoms with Crippen molar-refractivity contribution in [2.24, 2.45) is 0 Å². The van der Waals surface area contributed by atoms with E-state index in [2.05, 4.69) is 33.9 Å². The maximum atomic E-state index is 11.9. The normalized spacial score (nSPS) is 24.3. The van der Waals surface area contributed by atoms with E-state index in [1.165, 1.54) is 0 Å². The van der Waals surface area contributed by atoms with E-state index in [-0.39, 0.29) is 17.2 Å². The lowest BCUT2D eigenvalue weighted by Crippen LogP contribution is -2.55. The van der Waals surface area contributed by atoms with E-state index in [0.717, 1.165) is 17.4 Å². The van der Waals surface area contributed by atoms with Gasteiger partial charge < -0.3 is 23.4 Å². The lowest BCUT2D eigenvalue weighted by atomic mass is 10.0. The zero-order chi connectivity index (χ0) is 23.2. The quantitative estimate of drug-likeness (QED) is 0.369. The lowest BCUT2D eigenvalue weighted by Gasteiger charge is -2.45. The van der Waals surface area contributed by atoms with Gasteiger partial charge in [0.05, 0.1) is 19.3 Å². The largest absolute Gasteiger partial charge is 0.411 e. The van der Waals surface area contributed by atoms with Crippen molar-refractivity contribution < 1.29 is 23.4 Å². The smallest absolute Gasteiger partial charge is 0.192 e. The summed E-state index contributed by atoms with van der Waals surface area (Å²) in [5.74, 6) is 0. The van der Waals surface area contributed by atoms with Crippen molar-refractivity contribution in [1.82, 2.24) is 0 Å². The molecule has 4 atom stereocenters. The Kier molecular flexibility index (Phi) is 8.41. The number of carbonyl (C=O) groups is 1. The maximum Gasteiger partial charge on any atom is 0.192 e. The second-order valence-corrected chi connectivity index (χ2v) is 14.6. The Morgan fingerprint density at radius 3 is 1.94 bits per heavy atom. The van der Waals surface area contributed by atoms with Crippen LogP contribution in [0.3, 0.4) is 0 Å². The molecule has 32 heavy (non-hydrogen) atoms. The zero-order valence-electron chi connectivity index (χ0n) is 19.8. The molecule has 0 N–H and O–H groups in total. The predicted octanol–water partition coefficient (Wildman–Crippen LogP) is 5.49. The van der Waals surface area contributed by atoms with E-state index in [4.69, 9.17) is 18.6 Å². The molecule has 2 aromatic rings. The first-order chi connectivity index (χ1) is 15.2. The number of ether oxygens (including phenoxy) is 3. The van der Waals surface area contributed by atoms with Crippen molar-refractivity contribution in [3.8, 4) is 0 Å². The van der Waals surface area contributed by atoms with Crippen LogP contribution in [0.1, 0.15) is 38.3 Å². The molecule has 0 saturated carbocycles. The van der Waals surface area contributed by atoms with Gasteiger partial charge in [0.2, 0.25) is 0 Å². The van der Waals surface area contributed by atoms with Crippen molar-refractivity contribution in [3.63, 3.8) is 0 Å². The fraction of sp³-hybridized carbons (Fsp3) is 0.500. The Bertz CT molecular complexity index is 834. The standard InChI is InChI=1S/C26H36O5Si/c1-26(2,3)32(4,5)31-22-16-23(28-18-20-12-8-6-9-13-20)25(30-24(22)17-27)29-19-21-14-10-7-11-15-21/h6-15,17,22-25H,16,18-19H2,1-5H3/t22-,23+,24+,25+/m1/s1. The molecule has 0 radical (unpaired) electrons. The summed E-state index contributed by atoms with van der Waals surface area (Å²) in [6.07, 6.45) is -0.641. The fourth-order valence-corrected chi connectivity index (χ4v) is 4.76. The lowest BCUT2D eigenvalue weighted by molar-refractivity contribution is -0.270. The molecule has 2 aromatic carbocycles. The van der Waals surface area contributed by atoms with Gasteiger partial charge in [-0.15, -0.1) is 0 Å². The van der Waals surface area contributed by atoms with E-state index >= 15 is 0 Å². The third-order valence-electron chi connectivity index (χ3n) is 6.38. The molecule has 0 spiro atoms. The molecule has 0 amide bonds. The van der Waals surface area contributed by atoms with Crippen LogP contribution in [0.5, 0.6) is 0 Å². The molecule has 1 saturated heterocycles. The molecule has 174 valence electrons. The molecular weight excluding hydrogens is 420 g/mol. The van der Waals surface area contributed by atoms with E-state index in [0.29, 0.717) is 19.6 Å². The van der Waals surface area contributed by atoms with Crippen molar-refractivity contribution >= 4 is 14.6 Å². The highest BCUT2D eigenvalue weighted by atomic mass is 28.4. The van der Waals surface area contributed by atoms with Crippen LogP contribution in [0, 0.1) is 0 Å². The molecule has 0 unspecified atom stereocenters. The monoisotopic (exact) mass is 456 g/mol. The van der Waals surface area contributed by atoms with Gasteiger partial charge in [0, 0.05) is 6.42 Å². The molecule has 6 heteroatoms. The predicted molar refractivity (Wildman–Crippen MR) is 128 cm³/mol. The molecule has 5 nitrogen and oxygen atoms in total. The Labute approximate surface area is 193 Å². The second-order valence-electron chi connectivity index (χ2n) is 9.89. The van der Waals surface area contributed by atoms with Crippen LogP contribution in [0.2, 0.25) is 18.1 Å². The Hall–Kier alpha value is -1.83. The highest BCUT2D eigenvalue weighted by Gasteiger charge is 2.46. The van der Waals surface area contributed by atoms with Gasteiger partial charge in [0.15, 0.2) is 20.9 Å². The van der Waals surface area contributed by atoms with E-state index < -0.39 is 20.7 Å². The Morgan fingerprint density at radius 2 is 1.44 bits per heavy atom. The summed E-state index contributed by atoms with van der Waals surface area (Å²) in [5, 5.41) is 0.0293. The zero-order valence-corrected chi connectivity index (χ0v) is 20.8. The van der Waals surface area contributed by atoms with Crippen LogP contribution in [0.25, 0.3) is 0 Å². The number of hydrogen-bond acceptors (Lipinski definition) is 5. The number of benzene rings is 2. The summed E-state index contributed by atoms with van der Waals surface area (Å²) in [5.41, 5.74) is 2.12. The van der Waals surface area contributed by atoms with Gasteiger partial charge in [-0.25, -0.2) is 0 Å². The molecule has 1 aliphatic heterocycles. The summed E-state index contributed by atoms with van der Waals surface area (Å²) < 4.78 is 25.1. The minimum absolute atomic E-state index is 0.0293. The minimum atomic E-state index is -2.10. The average Bonchev–Trinajstić information content (AvgIpc) is 2.77. The number of carbonyl (C=O) groups excluding carboxylic acids is 1. The van der Waals surface area contributed by atoms with Gasteiger partial charge in [-0.1, -0.05) is 81.4 Å². The van der Waals surface area contributed by atoms with Gasteiger partial charge in [0.1, 0.15) is 12.2 Å². The van der Waals surface area contributed by atoms with Crippen molar-refractivity contribution in [1.29, 1.82) is 0 Å². The third kappa shape index (κ3) is 6.59. The summed E-state index contributed by atoms with van der Waals surface area (Å²) in [6.45, 7) is 11.8. The topological polar surface area (TPSA) is 54.0 Å². The number of hydrogen-bond donors (Lipinski definition) is 0. The van der Waals surface area contributed by atoms with Crippen LogP contribution < -0.4 is 0 Å². The highest BCUT2D eigenvalue weighted by molar-refractivity contribution is 6.74. The van der Waals surface area contributed by atoms with Gasteiger partial charge in [-0.3, -0.25) is 0 Å². The van der Waals surface area contributed by atoms with Crippen molar-refractivity contribution in [2.45, 2.75) is 83.1 Å². The van der Waals surface area contributed by atoms with Crippen LogP contribution in [-0.2, 0) is 36.6 Å². The van der Waals surface area contributed by atoms with Crippen molar-refractivity contribution in [2.75, 3.05) is 0 Å². The van der Waals surface area contributed by atoms with Gasteiger partial charge in [-0.2, -0.15) is 0 Å². The number of rotatable bonds is 9. The van der Waals surface area contributed by atoms with Crippen LogP contribution >= 0.6 is 0 Å². The Morgan fingerprint density at radius 1 is 0.906 bits per heavy atom. The minimum Gasteiger partial charge on any atom is -0.411 e. The maximum absolute atomic E-state index is 11.9. The molecular formula is C26H36O5Si. The molecule has 1 fully saturated rings. The highest BCUT2D eigenvalue weighted by Crippen LogP contribution is 2.39. The van der Waals surface area contributed by atoms with Gasteiger partial charge >= 0.3 is 0 Å². The fourth-order valence-electron chi connectivity index (χ4n) is 3.42. The van der Waals surface area contributed by atoms with Gasteiger partial charge in [-0.05, 0) is 29.3 Å². The average molecular weight is 457 g/mol. The second kappa shape index (κ2) is 10.9. The van der Waals surface area contributed by atoms with Crippen LogP contribution in [0.4, 0.5) is 0 Å². The van der Waals surface area contributed by atoms with Crippen LogP contribution in [0.15, 0.2) is 60.7 Å². The molecule has 1 heterocycles. The first-order valence-corrected chi connectivity index (χ1v) is 14.2. The van der Waals surface area contributed by atoms with Gasteiger partial charge in [0.25, 0.3) is 0 Å². The molecule has 0 aliphatic carbocycles. The van der Waals surface area contributed by atoms with E-state index in [1.807, 2.05) is 60.7 Å². The Balaban J connectivity index is 1.74. The van der Waals surface area contributed by atoms with E-state index in [1.54, 1.807) is 0 Å². The number of aldehydes is 1. The molecule has 3 rings (SSSR count). The van der Waals surface area contributed by atoms with Crippen LogP contribution in [-0.4, -0.2) is 39.2 Å². The summed E-state index contributed by atoms with van der Waals surface area (Å²) in [6, 6.07) is 19.9. The summed E-state index contributed by atoms with van der Waals surface area (Å²) in [7, 11) is -2.10. The first-order valence-electron chi connectivity index (χ1n) is 11.3. The first kappa shape index (κ1) is 24.8. The molecule has 0 aromatic heterocycles. The summed E-state index contributed by atoms with van der Waals surface area (Å²) in [4.78, 5) is 11.9. The molecule has 1 aliphatic rings. The molecule has 0 bridgehead atoms. The van der Waals surface area contributed by atoms with E-state index in [9.17, 15) is 4.79 Å². The SMILES string of the molecule is CC(C)(C)[Si](C)(C)O[C@@H]1C[C@H](OCc2ccccc2)[C@@H](OCc2ccccc2)O[C@H]1C=O.